The molecule has 130 valence electrons. The minimum atomic E-state index is -0.767. The number of carbonyl (C=O) groups excluding carboxylic acids is 1. The lowest BCUT2D eigenvalue weighted by atomic mass is 9.70. The summed E-state index contributed by atoms with van der Waals surface area (Å²) in [6.45, 7) is 6.71. The van der Waals surface area contributed by atoms with Crippen LogP contribution in [-0.4, -0.2) is 11.7 Å². The van der Waals surface area contributed by atoms with Crippen molar-refractivity contribution in [2.24, 2.45) is 21.9 Å². The van der Waals surface area contributed by atoms with Crippen molar-refractivity contribution in [3.8, 4) is 0 Å². The quantitative estimate of drug-likeness (QED) is 0.468. The van der Waals surface area contributed by atoms with Gasteiger partial charge in [0.25, 0.3) is 0 Å². The Hall–Kier alpha value is -2.43. The summed E-state index contributed by atoms with van der Waals surface area (Å²) in [5, 5.41) is 4.83. The second-order valence-corrected chi connectivity index (χ2v) is 7.90. The van der Waals surface area contributed by atoms with Crippen LogP contribution >= 0.6 is 0 Å². The predicted molar refractivity (Wildman–Crippen MR) is 94.6 cm³/mol. The van der Waals surface area contributed by atoms with E-state index in [4.69, 9.17) is 9.25 Å². The number of carbonyl (C=O) groups is 1. The first-order valence-electron chi connectivity index (χ1n) is 8.64. The van der Waals surface area contributed by atoms with Gasteiger partial charge >= 0.3 is 11.6 Å². The molecule has 25 heavy (non-hydrogen) atoms. The second-order valence-electron chi connectivity index (χ2n) is 7.90. The SMILES string of the molecule is CC1(C)[C@@H]2CC[C@]1(C)/C(=N\OC(=O)c1cc3ccccc3oc1=O)C2. The van der Waals surface area contributed by atoms with Crippen LogP contribution in [0.2, 0.25) is 0 Å². The van der Waals surface area contributed by atoms with Gasteiger partial charge < -0.3 is 9.25 Å². The number of hydrogen-bond donors (Lipinski definition) is 0. The van der Waals surface area contributed by atoms with Crippen LogP contribution in [0.5, 0.6) is 0 Å². The first kappa shape index (κ1) is 16.1. The second kappa shape index (κ2) is 5.28. The van der Waals surface area contributed by atoms with Gasteiger partial charge in [-0.1, -0.05) is 44.1 Å². The largest absolute Gasteiger partial charge is 0.422 e. The highest BCUT2D eigenvalue weighted by molar-refractivity contribution is 5.96. The van der Waals surface area contributed by atoms with Crippen LogP contribution in [0, 0.1) is 16.7 Å². The third kappa shape index (κ3) is 2.25. The maximum atomic E-state index is 12.3. The van der Waals surface area contributed by atoms with Gasteiger partial charge in [0, 0.05) is 10.8 Å². The monoisotopic (exact) mass is 339 g/mol. The molecule has 0 saturated heterocycles. The number of benzene rings is 1. The maximum Gasteiger partial charge on any atom is 0.373 e. The molecule has 0 spiro atoms. The summed E-state index contributed by atoms with van der Waals surface area (Å²) in [4.78, 5) is 29.5. The zero-order valence-electron chi connectivity index (χ0n) is 14.7. The molecule has 0 N–H and O–H groups in total. The van der Waals surface area contributed by atoms with Gasteiger partial charge in [0.05, 0.1) is 5.71 Å². The lowest BCUT2D eigenvalue weighted by Crippen LogP contribution is -2.32. The normalized spacial score (nSPS) is 28.6. The molecule has 5 nitrogen and oxygen atoms in total. The van der Waals surface area contributed by atoms with Crippen molar-refractivity contribution in [2.45, 2.75) is 40.0 Å². The Balaban J connectivity index is 1.62. The summed E-state index contributed by atoms with van der Waals surface area (Å²) in [6, 6.07) is 8.55. The molecule has 0 amide bonds. The van der Waals surface area contributed by atoms with Gasteiger partial charge in [-0.05, 0) is 42.7 Å². The van der Waals surface area contributed by atoms with Gasteiger partial charge in [0.2, 0.25) is 0 Å². The lowest BCUT2D eigenvalue weighted by molar-refractivity contribution is 0.0504. The van der Waals surface area contributed by atoms with Gasteiger partial charge in [-0.2, -0.15) is 0 Å². The molecule has 1 aromatic heterocycles. The van der Waals surface area contributed by atoms with Crippen LogP contribution in [-0.2, 0) is 4.84 Å². The van der Waals surface area contributed by atoms with Crippen molar-refractivity contribution in [1.29, 1.82) is 0 Å². The minimum Gasteiger partial charge on any atom is -0.422 e. The van der Waals surface area contributed by atoms with Crippen molar-refractivity contribution in [3.63, 3.8) is 0 Å². The molecular weight excluding hydrogens is 318 g/mol. The van der Waals surface area contributed by atoms with Crippen LogP contribution in [0.15, 0.2) is 44.7 Å². The highest BCUT2D eigenvalue weighted by Crippen LogP contribution is 2.63. The van der Waals surface area contributed by atoms with Crippen LogP contribution in [0.1, 0.15) is 50.4 Å². The van der Waals surface area contributed by atoms with Crippen molar-refractivity contribution < 1.29 is 14.0 Å². The lowest BCUT2D eigenvalue weighted by Gasteiger charge is -2.34. The standard InChI is InChI=1S/C20H21NO4/c1-19(2)13-8-9-20(19,3)16(11-13)21-25-18(23)14-10-12-6-4-5-7-15(12)24-17(14)22/h4-7,10,13H,8-9,11H2,1-3H3/b21-16-/t13-,20-/m1/s1. The van der Waals surface area contributed by atoms with Crippen LogP contribution < -0.4 is 5.63 Å². The molecule has 2 aliphatic rings. The summed E-state index contributed by atoms with van der Waals surface area (Å²) < 4.78 is 5.18. The Morgan fingerprint density at radius 3 is 2.72 bits per heavy atom. The van der Waals surface area contributed by atoms with E-state index in [9.17, 15) is 9.59 Å². The fraction of sp³-hybridized carbons (Fsp3) is 0.450. The molecule has 5 heteroatoms. The van der Waals surface area contributed by atoms with Crippen molar-refractivity contribution in [1.82, 2.24) is 0 Å². The van der Waals surface area contributed by atoms with E-state index in [1.165, 1.54) is 12.5 Å². The molecule has 0 aliphatic heterocycles. The summed E-state index contributed by atoms with van der Waals surface area (Å²) in [6.07, 6.45) is 3.09. The molecule has 2 fully saturated rings. The van der Waals surface area contributed by atoms with Gasteiger partial charge in [-0.3, -0.25) is 0 Å². The van der Waals surface area contributed by atoms with Crippen LogP contribution in [0.25, 0.3) is 11.0 Å². The van der Waals surface area contributed by atoms with Gasteiger partial charge in [-0.15, -0.1) is 0 Å². The van der Waals surface area contributed by atoms with Crippen molar-refractivity contribution in [3.05, 3.63) is 46.3 Å². The molecule has 2 bridgehead atoms. The molecule has 4 rings (SSSR count). The smallest absolute Gasteiger partial charge is 0.373 e. The fourth-order valence-electron chi connectivity index (χ4n) is 4.42. The van der Waals surface area contributed by atoms with Crippen LogP contribution in [0.4, 0.5) is 0 Å². The number of nitrogens with zero attached hydrogens (tertiary/aromatic N) is 1. The van der Waals surface area contributed by atoms with E-state index < -0.39 is 11.6 Å². The number of hydrogen-bond acceptors (Lipinski definition) is 5. The fourth-order valence-corrected chi connectivity index (χ4v) is 4.42. The molecule has 2 aromatic rings. The Kier molecular flexibility index (Phi) is 3.39. The molecular formula is C20H21NO4. The highest BCUT2D eigenvalue weighted by atomic mass is 16.7. The Morgan fingerprint density at radius 1 is 1.28 bits per heavy atom. The zero-order chi connectivity index (χ0) is 17.8. The third-order valence-corrected chi connectivity index (χ3v) is 6.61. The van der Waals surface area contributed by atoms with Gasteiger partial charge in [0.1, 0.15) is 11.1 Å². The predicted octanol–water partition coefficient (Wildman–Crippen LogP) is 4.15. The van der Waals surface area contributed by atoms with Gasteiger partial charge in [-0.25, -0.2) is 9.59 Å². The molecule has 0 unspecified atom stereocenters. The number of fused-ring (bicyclic) bond motifs is 3. The summed E-state index contributed by atoms with van der Waals surface area (Å²) >= 11 is 0. The van der Waals surface area contributed by atoms with E-state index in [1.54, 1.807) is 18.2 Å². The van der Waals surface area contributed by atoms with E-state index in [2.05, 4.69) is 25.9 Å². The average molecular weight is 339 g/mol. The molecule has 1 heterocycles. The third-order valence-electron chi connectivity index (χ3n) is 6.61. The Labute approximate surface area is 145 Å². The van der Waals surface area contributed by atoms with E-state index in [-0.39, 0.29) is 16.4 Å². The molecule has 0 radical (unpaired) electrons. The summed E-state index contributed by atoms with van der Waals surface area (Å²) in [7, 11) is 0. The molecule has 2 atom stereocenters. The van der Waals surface area contributed by atoms with E-state index >= 15 is 0 Å². The highest BCUT2D eigenvalue weighted by Gasteiger charge is 2.60. The summed E-state index contributed by atoms with van der Waals surface area (Å²) in [5.74, 6) is -0.197. The van der Waals surface area contributed by atoms with Crippen molar-refractivity contribution in [2.75, 3.05) is 0 Å². The van der Waals surface area contributed by atoms with Gasteiger partial charge in [0.15, 0.2) is 0 Å². The molecule has 1 aromatic carbocycles. The summed E-state index contributed by atoms with van der Waals surface area (Å²) in [5.41, 5.74) is 0.635. The maximum absolute atomic E-state index is 12.3. The zero-order valence-corrected chi connectivity index (χ0v) is 14.7. The number of rotatable bonds is 2. The minimum absolute atomic E-state index is 0.0496. The van der Waals surface area contributed by atoms with E-state index in [1.807, 2.05) is 6.07 Å². The average Bonchev–Trinajstić information content (AvgIpc) is 2.92. The number of para-hydroxylation sites is 1. The molecule has 2 saturated carbocycles. The Bertz CT molecular complexity index is 956. The first-order chi connectivity index (χ1) is 11.8. The number of oxime groups is 1. The van der Waals surface area contributed by atoms with Crippen LogP contribution in [0.3, 0.4) is 0 Å². The molecule has 2 aliphatic carbocycles. The van der Waals surface area contributed by atoms with E-state index in [0.29, 0.717) is 16.9 Å². The topological polar surface area (TPSA) is 68.9 Å². The first-order valence-corrected chi connectivity index (χ1v) is 8.64. The van der Waals surface area contributed by atoms with Crippen molar-refractivity contribution >= 4 is 22.7 Å². The Morgan fingerprint density at radius 2 is 2.04 bits per heavy atom. The van der Waals surface area contributed by atoms with E-state index in [0.717, 1.165) is 18.6 Å².